The summed E-state index contributed by atoms with van der Waals surface area (Å²) in [6.07, 6.45) is 0. The molecule has 0 aliphatic carbocycles. The summed E-state index contributed by atoms with van der Waals surface area (Å²) in [5.74, 6) is 1.59. The molecule has 3 rings (SSSR count). The van der Waals surface area contributed by atoms with Gasteiger partial charge in [0.05, 0.1) is 5.56 Å². The number of ether oxygens (including phenoxy) is 1. The van der Waals surface area contributed by atoms with Crippen LogP contribution in [0.4, 0.5) is 5.82 Å². The third-order valence-corrected chi connectivity index (χ3v) is 3.07. The van der Waals surface area contributed by atoms with Crippen molar-refractivity contribution in [3.63, 3.8) is 0 Å². The number of carbonyl (C=O) groups is 1. The van der Waals surface area contributed by atoms with Crippen LogP contribution in [0.5, 0.6) is 5.75 Å². The van der Waals surface area contributed by atoms with Gasteiger partial charge in [-0.2, -0.15) is 0 Å². The van der Waals surface area contributed by atoms with Gasteiger partial charge in [-0.05, 0) is 29.5 Å². The number of hydrogen-bond acceptors (Lipinski definition) is 7. The van der Waals surface area contributed by atoms with Gasteiger partial charge in [0.15, 0.2) is 11.6 Å². The molecule has 0 atom stereocenters. The molecule has 0 aliphatic heterocycles. The standard InChI is InChI=1S/C14H14N6O3/c1-9-7-12(17-23-9)15-14(21)10-5-3-4-6-11(10)22-8-13-16-18-19-20(13)2/h3-7H,8H2,1-2H3,(H,15,17,21). The molecule has 0 radical (unpaired) electrons. The Bertz CT molecular complexity index is 825. The van der Waals surface area contributed by atoms with Crippen LogP contribution in [0.2, 0.25) is 0 Å². The maximum atomic E-state index is 12.4. The van der Waals surface area contributed by atoms with Gasteiger partial charge in [-0.3, -0.25) is 4.79 Å². The molecule has 0 aliphatic rings. The van der Waals surface area contributed by atoms with Crippen LogP contribution in [-0.4, -0.2) is 31.3 Å². The van der Waals surface area contributed by atoms with Crippen LogP contribution >= 0.6 is 0 Å². The third-order valence-electron chi connectivity index (χ3n) is 3.07. The molecule has 9 heteroatoms. The monoisotopic (exact) mass is 314 g/mol. The molecule has 0 unspecified atom stereocenters. The van der Waals surface area contributed by atoms with Crippen molar-refractivity contribution in [3.8, 4) is 5.75 Å². The topological polar surface area (TPSA) is 108 Å². The minimum atomic E-state index is -0.343. The largest absolute Gasteiger partial charge is 0.485 e. The Morgan fingerprint density at radius 3 is 2.91 bits per heavy atom. The Hall–Kier alpha value is -3.23. The van der Waals surface area contributed by atoms with Gasteiger partial charge in [0.25, 0.3) is 5.91 Å². The number of nitrogens with zero attached hydrogens (tertiary/aromatic N) is 5. The first-order chi connectivity index (χ1) is 11.1. The summed E-state index contributed by atoms with van der Waals surface area (Å²) in [6.45, 7) is 1.89. The number of carbonyl (C=O) groups excluding carboxylic acids is 1. The van der Waals surface area contributed by atoms with Crippen molar-refractivity contribution < 1.29 is 14.1 Å². The summed E-state index contributed by atoms with van der Waals surface area (Å²) in [6, 6.07) is 8.52. The summed E-state index contributed by atoms with van der Waals surface area (Å²) in [4.78, 5) is 12.4. The number of rotatable bonds is 5. The van der Waals surface area contributed by atoms with Crippen LogP contribution in [0.25, 0.3) is 0 Å². The molecule has 0 saturated carbocycles. The van der Waals surface area contributed by atoms with Crippen LogP contribution in [0.1, 0.15) is 21.9 Å². The first-order valence-electron chi connectivity index (χ1n) is 6.81. The fourth-order valence-corrected chi connectivity index (χ4v) is 1.90. The number of aryl methyl sites for hydroxylation is 2. The molecule has 2 heterocycles. The van der Waals surface area contributed by atoms with Gasteiger partial charge < -0.3 is 14.6 Å². The summed E-state index contributed by atoms with van der Waals surface area (Å²) in [5.41, 5.74) is 0.378. The second-order valence-corrected chi connectivity index (χ2v) is 4.78. The maximum Gasteiger partial charge on any atom is 0.260 e. The van der Waals surface area contributed by atoms with E-state index in [-0.39, 0.29) is 12.5 Å². The van der Waals surface area contributed by atoms with Crippen molar-refractivity contribution >= 4 is 11.7 Å². The van der Waals surface area contributed by atoms with Gasteiger partial charge in [-0.15, -0.1) is 5.10 Å². The fraction of sp³-hybridized carbons (Fsp3) is 0.214. The summed E-state index contributed by atoms with van der Waals surface area (Å²) < 4.78 is 12.1. The predicted octanol–water partition coefficient (Wildman–Crippen LogP) is 1.34. The molecule has 1 N–H and O–H groups in total. The lowest BCUT2D eigenvalue weighted by atomic mass is 10.2. The molecule has 23 heavy (non-hydrogen) atoms. The average Bonchev–Trinajstić information content (AvgIpc) is 3.14. The van der Waals surface area contributed by atoms with E-state index >= 15 is 0 Å². The first kappa shape index (κ1) is 14.7. The number of benzene rings is 1. The highest BCUT2D eigenvalue weighted by atomic mass is 16.5. The molecule has 3 aromatic rings. The zero-order valence-corrected chi connectivity index (χ0v) is 12.6. The van der Waals surface area contributed by atoms with Gasteiger partial charge in [0.2, 0.25) is 0 Å². The van der Waals surface area contributed by atoms with Crippen LogP contribution in [0, 0.1) is 6.92 Å². The van der Waals surface area contributed by atoms with Gasteiger partial charge in [0.1, 0.15) is 18.1 Å². The van der Waals surface area contributed by atoms with E-state index in [1.807, 2.05) is 0 Å². The lowest BCUT2D eigenvalue weighted by Crippen LogP contribution is -2.14. The molecule has 0 saturated heterocycles. The van der Waals surface area contributed by atoms with E-state index in [1.165, 1.54) is 4.68 Å². The van der Waals surface area contributed by atoms with Crippen LogP contribution < -0.4 is 10.1 Å². The van der Waals surface area contributed by atoms with E-state index in [0.29, 0.717) is 28.7 Å². The number of anilines is 1. The molecule has 0 bridgehead atoms. The molecule has 1 aromatic carbocycles. The highest BCUT2D eigenvalue weighted by Gasteiger charge is 2.15. The number of nitrogens with one attached hydrogen (secondary N) is 1. The number of para-hydroxylation sites is 1. The van der Waals surface area contributed by atoms with E-state index in [1.54, 1.807) is 44.3 Å². The molecular weight excluding hydrogens is 300 g/mol. The van der Waals surface area contributed by atoms with Gasteiger partial charge >= 0.3 is 0 Å². The summed E-state index contributed by atoms with van der Waals surface area (Å²) in [5, 5.41) is 17.5. The number of tetrazole rings is 1. The predicted molar refractivity (Wildman–Crippen MR) is 78.8 cm³/mol. The minimum absolute atomic E-state index is 0.150. The zero-order chi connectivity index (χ0) is 16.2. The summed E-state index contributed by atoms with van der Waals surface area (Å²) >= 11 is 0. The lowest BCUT2D eigenvalue weighted by molar-refractivity contribution is 0.102. The van der Waals surface area contributed by atoms with E-state index in [4.69, 9.17) is 9.26 Å². The van der Waals surface area contributed by atoms with E-state index in [2.05, 4.69) is 26.0 Å². The molecule has 9 nitrogen and oxygen atoms in total. The van der Waals surface area contributed by atoms with Gasteiger partial charge in [-0.25, -0.2) is 4.68 Å². The van der Waals surface area contributed by atoms with E-state index < -0.39 is 0 Å². The van der Waals surface area contributed by atoms with E-state index in [9.17, 15) is 4.79 Å². The molecule has 0 fully saturated rings. The zero-order valence-electron chi connectivity index (χ0n) is 12.6. The molecule has 2 aromatic heterocycles. The number of hydrogen-bond donors (Lipinski definition) is 1. The Morgan fingerprint density at radius 1 is 1.39 bits per heavy atom. The van der Waals surface area contributed by atoms with Crippen molar-refractivity contribution in [3.05, 3.63) is 47.5 Å². The minimum Gasteiger partial charge on any atom is -0.485 e. The molecular formula is C14H14N6O3. The SMILES string of the molecule is Cc1cc(NC(=O)c2ccccc2OCc2nnnn2C)no1. The fourth-order valence-electron chi connectivity index (χ4n) is 1.90. The van der Waals surface area contributed by atoms with Gasteiger partial charge in [-0.1, -0.05) is 17.3 Å². The number of amides is 1. The average molecular weight is 314 g/mol. The maximum absolute atomic E-state index is 12.4. The smallest absolute Gasteiger partial charge is 0.260 e. The second kappa shape index (κ2) is 6.26. The van der Waals surface area contributed by atoms with Crippen LogP contribution in [-0.2, 0) is 13.7 Å². The van der Waals surface area contributed by atoms with Gasteiger partial charge in [0, 0.05) is 13.1 Å². The lowest BCUT2D eigenvalue weighted by Gasteiger charge is -2.10. The Balaban J connectivity index is 1.74. The molecule has 0 spiro atoms. The quantitative estimate of drug-likeness (QED) is 0.757. The normalized spacial score (nSPS) is 10.5. The molecule has 1 amide bonds. The van der Waals surface area contributed by atoms with Crippen molar-refractivity contribution in [1.82, 2.24) is 25.4 Å². The molecule has 118 valence electrons. The van der Waals surface area contributed by atoms with Crippen LogP contribution in [0.3, 0.4) is 0 Å². The van der Waals surface area contributed by atoms with Crippen LogP contribution in [0.15, 0.2) is 34.9 Å². The highest BCUT2D eigenvalue weighted by molar-refractivity contribution is 6.05. The van der Waals surface area contributed by atoms with Crippen molar-refractivity contribution in [2.24, 2.45) is 7.05 Å². The second-order valence-electron chi connectivity index (χ2n) is 4.78. The third kappa shape index (κ3) is 3.34. The van der Waals surface area contributed by atoms with Crippen molar-refractivity contribution in [2.75, 3.05) is 5.32 Å². The first-order valence-corrected chi connectivity index (χ1v) is 6.81. The highest BCUT2D eigenvalue weighted by Crippen LogP contribution is 2.20. The van der Waals surface area contributed by atoms with E-state index in [0.717, 1.165) is 0 Å². The van der Waals surface area contributed by atoms with Crippen molar-refractivity contribution in [2.45, 2.75) is 13.5 Å². The summed E-state index contributed by atoms with van der Waals surface area (Å²) in [7, 11) is 1.71. The Kier molecular flexibility index (Phi) is 4.00. The van der Waals surface area contributed by atoms with Crippen molar-refractivity contribution in [1.29, 1.82) is 0 Å². The Morgan fingerprint density at radius 2 is 2.22 bits per heavy atom. The number of aromatic nitrogens is 5. The Labute approximate surface area is 131 Å².